The predicted octanol–water partition coefficient (Wildman–Crippen LogP) is 1.72. The number of carbonyl (C=O) groups excluding carboxylic acids is 2. The predicted molar refractivity (Wildman–Crippen MR) is 50.2 cm³/mol. The molecule has 0 spiro atoms. The number of rotatable bonds is 5. The van der Waals surface area contributed by atoms with Gasteiger partial charge in [0.1, 0.15) is 6.29 Å². The average Bonchev–Trinajstić information content (AvgIpc) is 2.03. The number of carbonyl (C=O) groups is 2. The standard InChI is InChI=1S/C10H16O3/c1-10(2,7-8-11)6-4-5-9(12)13-3/h4-5,8H,6-7H2,1-3H3/b5-4+. The minimum absolute atomic E-state index is 0.0771. The molecule has 0 radical (unpaired) electrons. The van der Waals surface area contributed by atoms with Crippen molar-refractivity contribution in [3.8, 4) is 0 Å². The summed E-state index contributed by atoms with van der Waals surface area (Å²) in [6.45, 7) is 3.95. The second kappa shape index (κ2) is 5.51. The fraction of sp³-hybridized carbons (Fsp3) is 0.600. The van der Waals surface area contributed by atoms with Crippen LogP contribution in [-0.4, -0.2) is 19.4 Å². The zero-order chi connectivity index (χ0) is 10.3. The molecule has 3 nitrogen and oxygen atoms in total. The van der Waals surface area contributed by atoms with Gasteiger partial charge in [-0.2, -0.15) is 0 Å². The topological polar surface area (TPSA) is 43.4 Å². The van der Waals surface area contributed by atoms with Gasteiger partial charge in [0, 0.05) is 12.5 Å². The van der Waals surface area contributed by atoms with Gasteiger partial charge in [0.25, 0.3) is 0 Å². The summed E-state index contributed by atoms with van der Waals surface area (Å²) in [5.41, 5.74) is -0.0771. The molecule has 13 heavy (non-hydrogen) atoms. The Morgan fingerprint density at radius 2 is 2.00 bits per heavy atom. The van der Waals surface area contributed by atoms with E-state index in [0.717, 1.165) is 6.29 Å². The van der Waals surface area contributed by atoms with Gasteiger partial charge in [-0.05, 0) is 11.8 Å². The number of esters is 1. The molecule has 0 aliphatic heterocycles. The first kappa shape index (κ1) is 11.9. The van der Waals surface area contributed by atoms with Crippen LogP contribution in [0.2, 0.25) is 0 Å². The third-order valence-electron chi connectivity index (χ3n) is 1.76. The Morgan fingerprint density at radius 3 is 2.46 bits per heavy atom. The Labute approximate surface area is 78.8 Å². The Bertz CT molecular complexity index is 204. The first-order valence-electron chi connectivity index (χ1n) is 4.20. The van der Waals surface area contributed by atoms with Crippen LogP contribution in [0.1, 0.15) is 26.7 Å². The summed E-state index contributed by atoms with van der Waals surface area (Å²) in [5.74, 6) is -0.359. The summed E-state index contributed by atoms with van der Waals surface area (Å²) in [7, 11) is 1.34. The summed E-state index contributed by atoms with van der Waals surface area (Å²) >= 11 is 0. The molecule has 0 aliphatic rings. The molecule has 0 aromatic rings. The van der Waals surface area contributed by atoms with Crippen LogP contribution in [0.4, 0.5) is 0 Å². The van der Waals surface area contributed by atoms with Crippen molar-refractivity contribution in [2.75, 3.05) is 7.11 Å². The second-order valence-corrected chi connectivity index (χ2v) is 3.66. The number of allylic oxidation sites excluding steroid dienone is 1. The van der Waals surface area contributed by atoms with E-state index in [1.54, 1.807) is 6.08 Å². The summed E-state index contributed by atoms with van der Waals surface area (Å²) in [4.78, 5) is 20.9. The van der Waals surface area contributed by atoms with Gasteiger partial charge in [-0.3, -0.25) is 0 Å². The molecule has 0 saturated carbocycles. The van der Waals surface area contributed by atoms with E-state index in [-0.39, 0.29) is 11.4 Å². The maximum absolute atomic E-state index is 10.7. The molecule has 0 aromatic heterocycles. The lowest BCUT2D eigenvalue weighted by molar-refractivity contribution is -0.134. The average molecular weight is 184 g/mol. The fourth-order valence-electron chi connectivity index (χ4n) is 0.851. The zero-order valence-electron chi connectivity index (χ0n) is 8.37. The second-order valence-electron chi connectivity index (χ2n) is 3.66. The van der Waals surface area contributed by atoms with E-state index >= 15 is 0 Å². The third-order valence-corrected chi connectivity index (χ3v) is 1.76. The van der Waals surface area contributed by atoms with E-state index in [0.29, 0.717) is 12.8 Å². The van der Waals surface area contributed by atoms with Gasteiger partial charge < -0.3 is 9.53 Å². The van der Waals surface area contributed by atoms with Crippen molar-refractivity contribution in [1.82, 2.24) is 0 Å². The molecule has 0 heterocycles. The minimum atomic E-state index is -0.359. The van der Waals surface area contributed by atoms with E-state index in [2.05, 4.69) is 4.74 Å². The van der Waals surface area contributed by atoms with Crippen LogP contribution >= 0.6 is 0 Å². The zero-order valence-corrected chi connectivity index (χ0v) is 8.37. The number of hydrogen-bond acceptors (Lipinski definition) is 3. The molecule has 0 aromatic carbocycles. The van der Waals surface area contributed by atoms with Crippen molar-refractivity contribution < 1.29 is 14.3 Å². The SMILES string of the molecule is COC(=O)/C=C/CC(C)(C)CC=O. The van der Waals surface area contributed by atoms with Crippen molar-refractivity contribution in [2.45, 2.75) is 26.7 Å². The van der Waals surface area contributed by atoms with Crippen LogP contribution in [-0.2, 0) is 14.3 Å². The Hall–Kier alpha value is -1.12. The van der Waals surface area contributed by atoms with Gasteiger partial charge in [0.05, 0.1) is 7.11 Å². The van der Waals surface area contributed by atoms with Crippen LogP contribution in [0.25, 0.3) is 0 Å². The van der Waals surface area contributed by atoms with Crippen molar-refractivity contribution in [3.05, 3.63) is 12.2 Å². The molecule has 74 valence electrons. The normalized spacial score (nSPS) is 11.6. The molecule has 0 N–H and O–H groups in total. The molecular formula is C10H16O3. The van der Waals surface area contributed by atoms with Crippen molar-refractivity contribution in [2.24, 2.45) is 5.41 Å². The summed E-state index contributed by atoms with van der Waals surface area (Å²) in [5, 5.41) is 0. The molecule has 0 fully saturated rings. The summed E-state index contributed by atoms with van der Waals surface area (Å²) in [6, 6.07) is 0. The largest absolute Gasteiger partial charge is 0.466 e. The highest BCUT2D eigenvalue weighted by atomic mass is 16.5. The van der Waals surface area contributed by atoms with Gasteiger partial charge in [0.2, 0.25) is 0 Å². The number of hydrogen-bond donors (Lipinski definition) is 0. The molecule has 0 amide bonds. The molecular weight excluding hydrogens is 168 g/mol. The highest BCUT2D eigenvalue weighted by Gasteiger charge is 2.14. The minimum Gasteiger partial charge on any atom is -0.466 e. The van der Waals surface area contributed by atoms with Gasteiger partial charge in [-0.15, -0.1) is 0 Å². The Balaban J connectivity index is 3.92. The van der Waals surface area contributed by atoms with E-state index in [9.17, 15) is 9.59 Å². The Morgan fingerprint density at radius 1 is 1.38 bits per heavy atom. The van der Waals surface area contributed by atoms with Gasteiger partial charge in [-0.1, -0.05) is 19.9 Å². The van der Waals surface area contributed by atoms with E-state index in [1.165, 1.54) is 13.2 Å². The molecule has 3 heteroatoms. The molecule has 0 saturated heterocycles. The number of aldehydes is 1. The molecule has 0 unspecified atom stereocenters. The number of ether oxygens (including phenoxy) is 1. The smallest absolute Gasteiger partial charge is 0.330 e. The molecule has 0 aliphatic carbocycles. The van der Waals surface area contributed by atoms with E-state index in [4.69, 9.17) is 0 Å². The maximum atomic E-state index is 10.7. The first-order chi connectivity index (χ1) is 6.02. The fourth-order valence-corrected chi connectivity index (χ4v) is 0.851. The molecule has 0 atom stereocenters. The van der Waals surface area contributed by atoms with E-state index in [1.807, 2.05) is 13.8 Å². The highest BCUT2D eigenvalue weighted by Crippen LogP contribution is 2.23. The van der Waals surface area contributed by atoms with E-state index < -0.39 is 0 Å². The van der Waals surface area contributed by atoms with Crippen molar-refractivity contribution >= 4 is 12.3 Å². The lowest BCUT2D eigenvalue weighted by Gasteiger charge is -2.18. The lowest BCUT2D eigenvalue weighted by atomic mass is 9.86. The number of methoxy groups -OCH3 is 1. The summed E-state index contributed by atoms with van der Waals surface area (Å²) < 4.78 is 4.43. The van der Waals surface area contributed by atoms with Gasteiger partial charge in [-0.25, -0.2) is 4.79 Å². The highest BCUT2D eigenvalue weighted by molar-refractivity contribution is 5.81. The lowest BCUT2D eigenvalue weighted by Crippen LogP contribution is -2.10. The quantitative estimate of drug-likeness (QED) is 0.371. The van der Waals surface area contributed by atoms with Crippen LogP contribution in [0.15, 0.2) is 12.2 Å². The first-order valence-corrected chi connectivity index (χ1v) is 4.20. The van der Waals surface area contributed by atoms with Crippen molar-refractivity contribution in [3.63, 3.8) is 0 Å². The van der Waals surface area contributed by atoms with Gasteiger partial charge in [0.15, 0.2) is 0 Å². The Kier molecular flexibility index (Phi) is 5.04. The third kappa shape index (κ3) is 6.08. The van der Waals surface area contributed by atoms with Crippen molar-refractivity contribution in [1.29, 1.82) is 0 Å². The summed E-state index contributed by atoms with van der Waals surface area (Å²) in [6.07, 6.45) is 5.20. The van der Waals surface area contributed by atoms with Crippen LogP contribution in [0.3, 0.4) is 0 Å². The maximum Gasteiger partial charge on any atom is 0.330 e. The van der Waals surface area contributed by atoms with Gasteiger partial charge >= 0.3 is 5.97 Å². The molecule has 0 bridgehead atoms. The van der Waals surface area contributed by atoms with Crippen LogP contribution in [0, 0.1) is 5.41 Å². The van der Waals surface area contributed by atoms with Crippen LogP contribution < -0.4 is 0 Å². The van der Waals surface area contributed by atoms with Crippen LogP contribution in [0.5, 0.6) is 0 Å². The monoisotopic (exact) mass is 184 g/mol. The molecule has 0 rings (SSSR count).